The van der Waals surface area contributed by atoms with E-state index in [-0.39, 0.29) is 5.91 Å². The van der Waals surface area contributed by atoms with Gasteiger partial charge in [-0.05, 0) is 52.8 Å². The summed E-state index contributed by atoms with van der Waals surface area (Å²) in [5.41, 5.74) is 1.75. The maximum absolute atomic E-state index is 12.4. The molecule has 1 aliphatic heterocycles. The van der Waals surface area contributed by atoms with Crippen molar-refractivity contribution in [1.82, 2.24) is 4.90 Å². The Morgan fingerprint density at radius 3 is 2.57 bits per heavy atom. The number of ether oxygens (including phenoxy) is 1. The van der Waals surface area contributed by atoms with Gasteiger partial charge in [0.15, 0.2) is 0 Å². The first kappa shape index (κ1) is 14.4. The molecule has 0 aliphatic carbocycles. The van der Waals surface area contributed by atoms with Crippen LogP contribution in [0.2, 0.25) is 0 Å². The summed E-state index contributed by atoms with van der Waals surface area (Å²) in [5, 5.41) is 0. The molecule has 0 saturated carbocycles. The van der Waals surface area contributed by atoms with E-state index >= 15 is 0 Å². The van der Waals surface area contributed by atoms with Crippen LogP contribution in [0, 0.1) is 3.57 Å². The third kappa shape index (κ3) is 3.37. The first-order chi connectivity index (χ1) is 10.2. The second-order valence-electron chi connectivity index (χ2n) is 5.06. The summed E-state index contributed by atoms with van der Waals surface area (Å²) in [6.07, 6.45) is 1.09. The summed E-state index contributed by atoms with van der Waals surface area (Å²) in [4.78, 5) is 14.3. The molecule has 1 heterocycles. The molecule has 1 amide bonds. The van der Waals surface area contributed by atoms with Crippen LogP contribution in [0.15, 0.2) is 48.5 Å². The number of hydrogen-bond acceptors (Lipinski definition) is 2. The SMILES string of the molecule is O=C(c1ccc(I)cc1OCc1ccccc1)N1CCC1. The maximum Gasteiger partial charge on any atom is 0.257 e. The topological polar surface area (TPSA) is 29.5 Å². The molecule has 0 N–H and O–H groups in total. The molecule has 1 aliphatic rings. The van der Waals surface area contributed by atoms with Crippen molar-refractivity contribution in [3.8, 4) is 5.75 Å². The zero-order valence-corrected chi connectivity index (χ0v) is 13.7. The fourth-order valence-electron chi connectivity index (χ4n) is 2.22. The largest absolute Gasteiger partial charge is 0.488 e. The molecule has 108 valence electrons. The van der Waals surface area contributed by atoms with Crippen molar-refractivity contribution in [3.63, 3.8) is 0 Å². The van der Waals surface area contributed by atoms with E-state index in [1.807, 2.05) is 53.4 Å². The van der Waals surface area contributed by atoms with E-state index < -0.39 is 0 Å². The molecule has 21 heavy (non-hydrogen) atoms. The minimum atomic E-state index is 0.0701. The van der Waals surface area contributed by atoms with Crippen LogP contribution in [-0.2, 0) is 6.61 Å². The predicted octanol–water partition coefficient (Wildman–Crippen LogP) is 3.72. The normalized spacial score (nSPS) is 13.7. The van der Waals surface area contributed by atoms with Gasteiger partial charge in [0.05, 0.1) is 5.56 Å². The van der Waals surface area contributed by atoms with E-state index in [0.717, 1.165) is 28.6 Å². The van der Waals surface area contributed by atoms with Gasteiger partial charge < -0.3 is 9.64 Å². The Labute approximate surface area is 138 Å². The van der Waals surface area contributed by atoms with E-state index in [1.54, 1.807) is 0 Å². The molecule has 0 radical (unpaired) electrons. The summed E-state index contributed by atoms with van der Waals surface area (Å²) in [6.45, 7) is 2.17. The average molecular weight is 393 g/mol. The molecular formula is C17H16INO2. The van der Waals surface area contributed by atoms with E-state index in [4.69, 9.17) is 4.74 Å². The summed E-state index contributed by atoms with van der Waals surface area (Å²) < 4.78 is 6.96. The quantitative estimate of drug-likeness (QED) is 0.742. The summed E-state index contributed by atoms with van der Waals surface area (Å²) in [6, 6.07) is 15.7. The van der Waals surface area contributed by atoms with Gasteiger partial charge in [-0.1, -0.05) is 30.3 Å². The molecule has 0 bridgehead atoms. The molecule has 2 aromatic rings. The molecule has 0 aromatic heterocycles. The lowest BCUT2D eigenvalue weighted by Crippen LogP contribution is -2.42. The zero-order valence-electron chi connectivity index (χ0n) is 11.6. The van der Waals surface area contributed by atoms with Gasteiger partial charge in [-0.15, -0.1) is 0 Å². The van der Waals surface area contributed by atoms with Crippen LogP contribution in [0.4, 0.5) is 0 Å². The van der Waals surface area contributed by atoms with Gasteiger partial charge in [0.2, 0.25) is 0 Å². The molecule has 3 rings (SSSR count). The van der Waals surface area contributed by atoms with Crippen molar-refractivity contribution in [3.05, 3.63) is 63.2 Å². The first-order valence-corrected chi connectivity index (χ1v) is 8.07. The van der Waals surface area contributed by atoms with Crippen molar-refractivity contribution in [1.29, 1.82) is 0 Å². The second kappa shape index (κ2) is 6.47. The smallest absolute Gasteiger partial charge is 0.257 e. The second-order valence-corrected chi connectivity index (χ2v) is 6.31. The molecule has 0 atom stereocenters. The highest BCUT2D eigenvalue weighted by atomic mass is 127. The third-order valence-electron chi connectivity index (χ3n) is 3.55. The van der Waals surface area contributed by atoms with Gasteiger partial charge in [0.1, 0.15) is 12.4 Å². The Balaban J connectivity index is 1.79. The van der Waals surface area contributed by atoms with Gasteiger partial charge in [-0.2, -0.15) is 0 Å². The van der Waals surface area contributed by atoms with Gasteiger partial charge in [-0.3, -0.25) is 4.79 Å². The number of carbonyl (C=O) groups is 1. The van der Waals surface area contributed by atoms with Crippen molar-refractivity contribution < 1.29 is 9.53 Å². The lowest BCUT2D eigenvalue weighted by Gasteiger charge is -2.31. The van der Waals surface area contributed by atoms with Crippen LogP contribution in [0.25, 0.3) is 0 Å². The summed E-state index contributed by atoms with van der Waals surface area (Å²) in [5.74, 6) is 0.739. The molecule has 4 heteroatoms. The lowest BCUT2D eigenvalue weighted by atomic mass is 10.1. The van der Waals surface area contributed by atoms with Crippen molar-refractivity contribution >= 4 is 28.5 Å². The highest BCUT2D eigenvalue weighted by molar-refractivity contribution is 14.1. The monoisotopic (exact) mass is 393 g/mol. The third-order valence-corrected chi connectivity index (χ3v) is 4.23. The Morgan fingerprint density at radius 1 is 1.14 bits per heavy atom. The molecule has 0 spiro atoms. The molecular weight excluding hydrogens is 377 g/mol. The zero-order chi connectivity index (χ0) is 14.7. The predicted molar refractivity (Wildman–Crippen MR) is 90.5 cm³/mol. The number of nitrogens with zero attached hydrogens (tertiary/aromatic N) is 1. The average Bonchev–Trinajstić information content (AvgIpc) is 2.44. The molecule has 1 saturated heterocycles. The van der Waals surface area contributed by atoms with Crippen LogP contribution in [0.3, 0.4) is 0 Å². The number of likely N-dealkylation sites (tertiary alicyclic amines) is 1. The van der Waals surface area contributed by atoms with E-state index in [2.05, 4.69) is 22.6 Å². The van der Waals surface area contributed by atoms with Gasteiger partial charge in [0.25, 0.3) is 5.91 Å². The highest BCUT2D eigenvalue weighted by Gasteiger charge is 2.24. The number of benzene rings is 2. The molecule has 0 unspecified atom stereocenters. The Kier molecular flexibility index (Phi) is 4.43. The minimum Gasteiger partial charge on any atom is -0.488 e. The van der Waals surface area contributed by atoms with Gasteiger partial charge >= 0.3 is 0 Å². The van der Waals surface area contributed by atoms with Crippen LogP contribution in [-0.4, -0.2) is 23.9 Å². The Bertz CT molecular complexity index is 638. The fraction of sp³-hybridized carbons (Fsp3) is 0.235. The molecule has 2 aromatic carbocycles. The van der Waals surface area contributed by atoms with E-state index in [0.29, 0.717) is 17.9 Å². The number of carbonyl (C=O) groups excluding carboxylic acids is 1. The van der Waals surface area contributed by atoms with Crippen LogP contribution in [0.5, 0.6) is 5.75 Å². The fourth-order valence-corrected chi connectivity index (χ4v) is 2.68. The summed E-state index contributed by atoms with van der Waals surface area (Å²) >= 11 is 2.24. The number of halogens is 1. The maximum atomic E-state index is 12.4. The molecule has 1 fully saturated rings. The lowest BCUT2D eigenvalue weighted by molar-refractivity contribution is 0.0647. The van der Waals surface area contributed by atoms with Crippen molar-refractivity contribution in [2.24, 2.45) is 0 Å². The van der Waals surface area contributed by atoms with E-state index in [1.165, 1.54) is 0 Å². The first-order valence-electron chi connectivity index (χ1n) is 6.99. The number of hydrogen-bond donors (Lipinski definition) is 0. The standard InChI is InChI=1S/C17H16INO2/c18-14-7-8-15(17(20)19-9-4-10-19)16(11-14)21-12-13-5-2-1-3-6-13/h1-3,5-8,11H,4,9-10,12H2. The number of rotatable bonds is 4. The van der Waals surface area contributed by atoms with Crippen LogP contribution < -0.4 is 4.74 Å². The van der Waals surface area contributed by atoms with Crippen LogP contribution in [0.1, 0.15) is 22.3 Å². The van der Waals surface area contributed by atoms with Crippen LogP contribution >= 0.6 is 22.6 Å². The highest BCUT2D eigenvalue weighted by Crippen LogP contribution is 2.25. The number of amides is 1. The van der Waals surface area contributed by atoms with Gasteiger partial charge in [-0.25, -0.2) is 0 Å². The van der Waals surface area contributed by atoms with Crippen molar-refractivity contribution in [2.75, 3.05) is 13.1 Å². The minimum absolute atomic E-state index is 0.0701. The summed E-state index contributed by atoms with van der Waals surface area (Å²) in [7, 11) is 0. The van der Waals surface area contributed by atoms with E-state index in [9.17, 15) is 4.79 Å². The van der Waals surface area contributed by atoms with Crippen molar-refractivity contribution in [2.45, 2.75) is 13.0 Å². The Hall–Kier alpha value is -1.56. The Morgan fingerprint density at radius 2 is 1.90 bits per heavy atom. The van der Waals surface area contributed by atoms with Gasteiger partial charge in [0, 0.05) is 16.7 Å². The molecule has 3 nitrogen and oxygen atoms in total.